The molecular weight excluding hydrogens is 210 g/mol. The Balaban J connectivity index is 2.65. The van der Waals surface area contributed by atoms with E-state index in [4.69, 9.17) is 0 Å². The van der Waals surface area contributed by atoms with Crippen LogP contribution < -0.4 is 9.14 Å². The highest BCUT2D eigenvalue weighted by Crippen LogP contribution is 2.34. The van der Waals surface area contributed by atoms with Crippen LogP contribution in [0, 0.1) is 10.1 Å². The van der Waals surface area contributed by atoms with E-state index in [-0.39, 0.29) is 15.8 Å². The van der Waals surface area contributed by atoms with Gasteiger partial charge in [-0.1, -0.05) is 12.1 Å². The minimum absolute atomic E-state index is 0.0255. The highest BCUT2D eigenvalue weighted by Gasteiger charge is 2.41. The molecule has 1 aliphatic rings. The molecule has 0 atom stereocenters. The summed E-state index contributed by atoms with van der Waals surface area (Å²) in [5.74, 6) is 0. The van der Waals surface area contributed by atoms with Gasteiger partial charge in [-0.05, 0) is 12.1 Å². The third kappa shape index (κ3) is 1.08. The van der Waals surface area contributed by atoms with Gasteiger partial charge in [-0.25, -0.2) is 10.1 Å². The van der Waals surface area contributed by atoms with Crippen molar-refractivity contribution in [3.8, 4) is 0 Å². The molecule has 0 saturated carbocycles. The second kappa shape index (κ2) is 2.58. The average Bonchev–Trinajstić information content (AvgIpc) is 2.33. The lowest BCUT2D eigenvalue weighted by molar-refractivity contribution is -0.473. The molecule has 0 spiro atoms. The molecule has 1 N–H and O–H groups in total. The number of benzene rings is 1. The molecule has 1 aromatic rings. The third-order valence-corrected chi connectivity index (χ3v) is 2.99. The second-order valence-electron chi connectivity index (χ2n) is 2.61. The van der Waals surface area contributed by atoms with Crippen LogP contribution in [0.25, 0.3) is 0 Å². The Hall–Kier alpha value is -1.83. The number of hydrogen-bond acceptors (Lipinski definition) is 4. The van der Waals surface area contributed by atoms with E-state index >= 15 is 0 Å². The van der Waals surface area contributed by atoms with Crippen molar-refractivity contribution in [1.82, 2.24) is 0 Å². The van der Waals surface area contributed by atoms with Crippen molar-refractivity contribution in [3.05, 3.63) is 34.4 Å². The molecule has 14 heavy (non-hydrogen) atoms. The van der Waals surface area contributed by atoms with Crippen molar-refractivity contribution < 1.29 is 13.5 Å². The lowest BCUT2D eigenvalue weighted by Crippen LogP contribution is -2.34. The van der Waals surface area contributed by atoms with Crippen LogP contribution in [0.4, 0.5) is 11.4 Å². The summed E-state index contributed by atoms with van der Waals surface area (Å²) < 4.78 is 24.6. The molecule has 1 heterocycles. The van der Waals surface area contributed by atoms with Gasteiger partial charge >= 0.3 is 10.2 Å². The topological polar surface area (TPSA) is 92.6 Å². The van der Waals surface area contributed by atoms with E-state index in [2.05, 4.69) is 4.72 Å². The van der Waals surface area contributed by atoms with E-state index in [1.807, 2.05) is 0 Å². The molecule has 0 aliphatic carbocycles. The minimum atomic E-state index is -4.06. The summed E-state index contributed by atoms with van der Waals surface area (Å²) in [4.78, 5) is 10.5. The fourth-order valence-electron chi connectivity index (χ4n) is 1.21. The molecule has 0 bridgehead atoms. The summed E-state index contributed by atoms with van der Waals surface area (Å²) in [6.45, 7) is 0. The molecule has 74 valence electrons. The lowest BCUT2D eigenvalue weighted by Gasteiger charge is -2.03. The quantitative estimate of drug-likeness (QED) is 0.540. The highest BCUT2D eigenvalue weighted by atomic mass is 32.2. The van der Waals surface area contributed by atoms with Gasteiger partial charge in [0, 0.05) is 4.41 Å². The maximum atomic E-state index is 11.2. The van der Waals surface area contributed by atoms with Gasteiger partial charge < -0.3 is 0 Å². The minimum Gasteiger partial charge on any atom is -0.260 e. The third-order valence-electron chi connectivity index (χ3n) is 1.73. The molecule has 2 rings (SSSR count). The fraction of sp³-hybridized carbons (Fsp3) is 0. The number of anilines is 2. The number of hydrazine groups is 1. The second-order valence-corrected chi connectivity index (χ2v) is 4.11. The van der Waals surface area contributed by atoms with Crippen molar-refractivity contribution in [2.75, 3.05) is 9.14 Å². The predicted octanol–water partition coefficient (Wildman–Crippen LogP) is 0.355. The maximum absolute atomic E-state index is 11.2. The number of para-hydroxylation sites is 2. The van der Waals surface area contributed by atoms with Crippen LogP contribution >= 0.6 is 0 Å². The van der Waals surface area contributed by atoms with E-state index in [0.717, 1.165) is 0 Å². The first kappa shape index (κ1) is 8.75. The monoisotopic (exact) mass is 215 g/mol. The molecule has 0 fully saturated rings. The first-order valence-electron chi connectivity index (χ1n) is 3.59. The lowest BCUT2D eigenvalue weighted by atomic mass is 10.3. The SMILES string of the molecule is O=[N+]([O-])N1c2ccccc2NS1(=O)=O. The molecule has 8 heteroatoms. The summed E-state index contributed by atoms with van der Waals surface area (Å²) in [5.41, 5.74) is 0.238. The van der Waals surface area contributed by atoms with Gasteiger partial charge in [-0.2, -0.15) is 8.42 Å². The fourth-order valence-corrected chi connectivity index (χ4v) is 2.34. The summed E-state index contributed by atoms with van der Waals surface area (Å²) in [6.07, 6.45) is 0. The molecule has 0 amide bonds. The number of nitrogens with one attached hydrogen (secondary N) is 1. The van der Waals surface area contributed by atoms with Gasteiger partial charge in [-0.3, -0.25) is 4.72 Å². The van der Waals surface area contributed by atoms with Gasteiger partial charge in [0.15, 0.2) is 10.7 Å². The number of hydrogen-bond donors (Lipinski definition) is 1. The van der Waals surface area contributed by atoms with E-state index in [1.54, 1.807) is 6.07 Å². The summed E-state index contributed by atoms with van der Waals surface area (Å²) in [7, 11) is -4.06. The first-order valence-corrected chi connectivity index (χ1v) is 5.03. The van der Waals surface area contributed by atoms with Crippen molar-refractivity contribution in [2.24, 2.45) is 0 Å². The molecule has 0 radical (unpaired) electrons. The smallest absolute Gasteiger partial charge is 0.260 e. The zero-order valence-electron chi connectivity index (χ0n) is 6.75. The van der Waals surface area contributed by atoms with Gasteiger partial charge in [0.2, 0.25) is 0 Å². The normalized spacial score (nSPS) is 17.3. The highest BCUT2D eigenvalue weighted by molar-refractivity contribution is 7.94. The molecule has 0 aromatic heterocycles. The predicted molar refractivity (Wildman–Crippen MR) is 48.5 cm³/mol. The van der Waals surface area contributed by atoms with Crippen LogP contribution in [0.15, 0.2) is 24.3 Å². The Morgan fingerprint density at radius 2 is 2.00 bits per heavy atom. The standard InChI is InChI=1S/C6H5N3O4S/c10-9(11)8-6-4-2-1-3-5(6)7-14(8,12)13/h1-4,7H. The Labute approximate surface area is 79.3 Å². The maximum Gasteiger partial charge on any atom is 0.378 e. The van der Waals surface area contributed by atoms with E-state index in [1.165, 1.54) is 18.2 Å². The van der Waals surface area contributed by atoms with Crippen molar-refractivity contribution in [1.29, 1.82) is 0 Å². The number of nitro groups is 1. The summed E-state index contributed by atoms with van der Waals surface area (Å²) >= 11 is 0. The average molecular weight is 215 g/mol. The van der Waals surface area contributed by atoms with Gasteiger partial charge in [0.25, 0.3) is 0 Å². The van der Waals surface area contributed by atoms with E-state index in [0.29, 0.717) is 0 Å². The molecule has 1 aromatic carbocycles. The van der Waals surface area contributed by atoms with E-state index < -0.39 is 15.2 Å². The molecular formula is C6H5N3O4S. The Kier molecular flexibility index (Phi) is 1.61. The number of rotatable bonds is 1. The molecule has 0 unspecified atom stereocenters. The summed E-state index contributed by atoms with van der Waals surface area (Å²) in [5, 5.41) is 9.51. The number of fused-ring (bicyclic) bond motifs is 1. The number of nitrogens with zero attached hydrogens (tertiary/aromatic N) is 2. The Morgan fingerprint density at radius 1 is 1.36 bits per heavy atom. The molecule has 1 aliphatic heterocycles. The van der Waals surface area contributed by atoms with Crippen LogP contribution in [0.2, 0.25) is 0 Å². The largest absolute Gasteiger partial charge is 0.378 e. The van der Waals surface area contributed by atoms with Gasteiger partial charge in [-0.15, -0.1) is 0 Å². The van der Waals surface area contributed by atoms with Crippen LogP contribution in [-0.2, 0) is 10.2 Å². The van der Waals surface area contributed by atoms with Crippen molar-refractivity contribution in [3.63, 3.8) is 0 Å². The van der Waals surface area contributed by atoms with Crippen LogP contribution in [0.1, 0.15) is 0 Å². The molecule has 0 saturated heterocycles. The zero-order valence-corrected chi connectivity index (χ0v) is 7.56. The summed E-state index contributed by atoms with van der Waals surface area (Å²) in [6, 6.07) is 5.93. The van der Waals surface area contributed by atoms with Crippen LogP contribution in [-0.4, -0.2) is 13.5 Å². The zero-order chi connectivity index (χ0) is 10.3. The Morgan fingerprint density at radius 3 is 2.64 bits per heavy atom. The first-order chi connectivity index (χ1) is 6.52. The van der Waals surface area contributed by atoms with Crippen LogP contribution in [0.3, 0.4) is 0 Å². The Bertz CT molecular complexity index is 498. The van der Waals surface area contributed by atoms with E-state index in [9.17, 15) is 18.5 Å². The van der Waals surface area contributed by atoms with Gasteiger partial charge in [0.05, 0.1) is 5.69 Å². The molecule has 7 nitrogen and oxygen atoms in total. The van der Waals surface area contributed by atoms with Crippen molar-refractivity contribution >= 4 is 21.6 Å². The van der Waals surface area contributed by atoms with Crippen LogP contribution in [0.5, 0.6) is 0 Å². The van der Waals surface area contributed by atoms with Gasteiger partial charge in [0.1, 0.15) is 0 Å². The van der Waals surface area contributed by atoms with Crippen molar-refractivity contribution in [2.45, 2.75) is 0 Å².